The van der Waals surface area contributed by atoms with Crippen molar-refractivity contribution in [2.24, 2.45) is 0 Å². The molecule has 4 heteroatoms. The van der Waals surface area contributed by atoms with Crippen LogP contribution in [0.25, 0.3) is 0 Å². The molecule has 20 heavy (non-hydrogen) atoms. The lowest BCUT2D eigenvalue weighted by atomic mass is 10.0. The standard InChI is InChI=1S/C16H20N2S2/c1-19-14-6-4-13(5-7-14)16(15-3-2-12-20-15)18-10-8-17-9-11-18/h2-7,12,16-17H,8-11H2,1H3. The quantitative estimate of drug-likeness (QED) is 0.871. The zero-order valence-electron chi connectivity index (χ0n) is 11.7. The highest BCUT2D eigenvalue weighted by molar-refractivity contribution is 7.98. The van der Waals surface area contributed by atoms with Gasteiger partial charge in [0.2, 0.25) is 0 Å². The van der Waals surface area contributed by atoms with Gasteiger partial charge < -0.3 is 5.32 Å². The Balaban J connectivity index is 1.91. The van der Waals surface area contributed by atoms with E-state index >= 15 is 0 Å². The van der Waals surface area contributed by atoms with Crippen LogP contribution in [0.4, 0.5) is 0 Å². The first-order chi connectivity index (χ1) is 9.88. The Morgan fingerprint density at radius 2 is 1.90 bits per heavy atom. The highest BCUT2D eigenvalue weighted by atomic mass is 32.2. The molecule has 1 fully saturated rings. The second-order valence-electron chi connectivity index (χ2n) is 4.98. The van der Waals surface area contributed by atoms with Crippen molar-refractivity contribution >= 4 is 23.1 Å². The van der Waals surface area contributed by atoms with E-state index in [-0.39, 0.29) is 0 Å². The van der Waals surface area contributed by atoms with Gasteiger partial charge in [0.05, 0.1) is 6.04 Å². The Kier molecular flexibility index (Phi) is 4.78. The third kappa shape index (κ3) is 3.09. The fraction of sp³-hybridized carbons (Fsp3) is 0.375. The molecule has 1 unspecified atom stereocenters. The summed E-state index contributed by atoms with van der Waals surface area (Å²) in [7, 11) is 0. The van der Waals surface area contributed by atoms with Crippen LogP contribution in [0.2, 0.25) is 0 Å². The maximum absolute atomic E-state index is 3.44. The van der Waals surface area contributed by atoms with Gasteiger partial charge in [-0.05, 0) is 35.4 Å². The van der Waals surface area contributed by atoms with Crippen molar-refractivity contribution < 1.29 is 0 Å². The van der Waals surface area contributed by atoms with Crippen LogP contribution in [0.3, 0.4) is 0 Å². The molecular formula is C16H20N2S2. The summed E-state index contributed by atoms with van der Waals surface area (Å²) in [6.45, 7) is 4.41. The number of hydrogen-bond acceptors (Lipinski definition) is 4. The highest BCUT2D eigenvalue weighted by Crippen LogP contribution is 2.32. The molecule has 2 aromatic rings. The predicted molar refractivity (Wildman–Crippen MR) is 88.8 cm³/mol. The van der Waals surface area contributed by atoms with Crippen LogP contribution >= 0.6 is 23.1 Å². The first-order valence-corrected chi connectivity index (χ1v) is 9.11. The summed E-state index contributed by atoms with van der Waals surface area (Å²) < 4.78 is 0. The van der Waals surface area contributed by atoms with E-state index in [1.165, 1.54) is 15.3 Å². The van der Waals surface area contributed by atoms with E-state index in [2.05, 4.69) is 58.3 Å². The minimum absolute atomic E-state index is 0.410. The molecule has 2 heterocycles. The molecule has 106 valence electrons. The maximum Gasteiger partial charge on any atom is 0.0696 e. The van der Waals surface area contributed by atoms with Gasteiger partial charge in [0.25, 0.3) is 0 Å². The highest BCUT2D eigenvalue weighted by Gasteiger charge is 2.24. The van der Waals surface area contributed by atoms with Gasteiger partial charge in [0.15, 0.2) is 0 Å². The first kappa shape index (κ1) is 14.1. The molecule has 0 aliphatic carbocycles. The van der Waals surface area contributed by atoms with Gasteiger partial charge >= 0.3 is 0 Å². The lowest BCUT2D eigenvalue weighted by Gasteiger charge is -2.34. The molecule has 0 bridgehead atoms. The molecule has 0 saturated carbocycles. The zero-order chi connectivity index (χ0) is 13.8. The van der Waals surface area contributed by atoms with E-state index in [9.17, 15) is 0 Å². The van der Waals surface area contributed by atoms with Crippen LogP contribution in [-0.2, 0) is 0 Å². The summed E-state index contributed by atoms with van der Waals surface area (Å²) in [5.74, 6) is 0. The zero-order valence-corrected chi connectivity index (χ0v) is 13.3. The van der Waals surface area contributed by atoms with Crippen molar-refractivity contribution in [3.63, 3.8) is 0 Å². The topological polar surface area (TPSA) is 15.3 Å². The van der Waals surface area contributed by atoms with Crippen molar-refractivity contribution in [2.45, 2.75) is 10.9 Å². The van der Waals surface area contributed by atoms with Gasteiger partial charge in [-0.15, -0.1) is 23.1 Å². The molecule has 1 N–H and O–H groups in total. The molecule has 0 amide bonds. The SMILES string of the molecule is CSc1ccc(C(c2cccs2)N2CCNCC2)cc1. The van der Waals surface area contributed by atoms with Crippen LogP contribution in [0, 0.1) is 0 Å². The van der Waals surface area contributed by atoms with Crippen LogP contribution in [-0.4, -0.2) is 37.3 Å². The molecule has 3 rings (SSSR count). The second-order valence-corrected chi connectivity index (χ2v) is 6.84. The van der Waals surface area contributed by atoms with Gasteiger partial charge in [-0.25, -0.2) is 0 Å². The molecule has 1 aromatic carbocycles. The smallest absolute Gasteiger partial charge is 0.0696 e. The van der Waals surface area contributed by atoms with Gasteiger partial charge in [-0.3, -0.25) is 4.90 Å². The summed E-state index contributed by atoms with van der Waals surface area (Å²) in [6.07, 6.45) is 2.13. The average molecular weight is 304 g/mol. The third-order valence-electron chi connectivity index (χ3n) is 3.76. The number of hydrogen-bond donors (Lipinski definition) is 1. The summed E-state index contributed by atoms with van der Waals surface area (Å²) >= 11 is 3.66. The maximum atomic E-state index is 3.44. The summed E-state index contributed by atoms with van der Waals surface area (Å²) in [6, 6.07) is 13.9. The Hall–Kier alpha value is -0.810. The lowest BCUT2D eigenvalue weighted by molar-refractivity contribution is 0.200. The minimum Gasteiger partial charge on any atom is -0.314 e. The van der Waals surface area contributed by atoms with Crippen molar-refractivity contribution in [1.82, 2.24) is 10.2 Å². The lowest BCUT2D eigenvalue weighted by Crippen LogP contribution is -2.45. The van der Waals surface area contributed by atoms with E-state index < -0.39 is 0 Å². The average Bonchev–Trinajstić information content (AvgIpc) is 3.03. The normalized spacial score (nSPS) is 18.1. The van der Waals surface area contributed by atoms with Gasteiger partial charge in [-0.1, -0.05) is 18.2 Å². The molecule has 1 aliphatic rings. The summed E-state index contributed by atoms with van der Waals surface area (Å²) in [5.41, 5.74) is 1.41. The number of nitrogens with zero attached hydrogens (tertiary/aromatic N) is 1. The van der Waals surface area contributed by atoms with Crippen LogP contribution in [0.15, 0.2) is 46.7 Å². The summed E-state index contributed by atoms with van der Waals surface area (Å²) in [4.78, 5) is 5.37. The molecule has 1 saturated heterocycles. The first-order valence-electron chi connectivity index (χ1n) is 7.00. The van der Waals surface area contributed by atoms with Crippen LogP contribution < -0.4 is 5.32 Å². The number of benzene rings is 1. The van der Waals surface area contributed by atoms with Crippen molar-refractivity contribution in [1.29, 1.82) is 0 Å². The molecule has 1 aliphatic heterocycles. The second kappa shape index (κ2) is 6.76. The molecule has 0 radical (unpaired) electrons. The fourth-order valence-electron chi connectivity index (χ4n) is 2.73. The Bertz CT molecular complexity index is 516. The Morgan fingerprint density at radius 1 is 1.15 bits per heavy atom. The van der Waals surface area contributed by atoms with E-state index in [1.807, 2.05) is 11.3 Å². The van der Waals surface area contributed by atoms with E-state index in [1.54, 1.807) is 11.8 Å². The summed E-state index contributed by atoms with van der Waals surface area (Å²) in [5, 5.41) is 5.62. The predicted octanol–water partition coefficient (Wildman–Crippen LogP) is 3.46. The third-order valence-corrected chi connectivity index (χ3v) is 5.43. The molecule has 0 spiro atoms. The Morgan fingerprint density at radius 3 is 2.50 bits per heavy atom. The number of rotatable bonds is 4. The van der Waals surface area contributed by atoms with Gasteiger partial charge in [-0.2, -0.15) is 0 Å². The van der Waals surface area contributed by atoms with E-state index in [4.69, 9.17) is 0 Å². The van der Waals surface area contributed by atoms with Gasteiger partial charge in [0.1, 0.15) is 0 Å². The minimum atomic E-state index is 0.410. The van der Waals surface area contributed by atoms with Gasteiger partial charge in [0, 0.05) is 36.0 Å². The van der Waals surface area contributed by atoms with E-state index in [0.717, 1.165) is 26.2 Å². The van der Waals surface area contributed by atoms with Crippen LogP contribution in [0.1, 0.15) is 16.5 Å². The number of nitrogens with one attached hydrogen (secondary N) is 1. The van der Waals surface area contributed by atoms with Crippen LogP contribution in [0.5, 0.6) is 0 Å². The molecule has 2 nitrogen and oxygen atoms in total. The number of thiophene rings is 1. The Labute approximate surface area is 129 Å². The van der Waals surface area contributed by atoms with E-state index in [0.29, 0.717) is 6.04 Å². The van der Waals surface area contributed by atoms with Crippen molar-refractivity contribution in [3.8, 4) is 0 Å². The molecular weight excluding hydrogens is 284 g/mol. The molecule has 1 aromatic heterocycles. The van der Waals surface area contributed by atoms with Crippen molar-refractivity contribution in [3.05, 3.63) is 52.2 Å². The fourth-order valence-corrected chi connectivity index (χ4v) is 4.02. The number of piperazine rings is 1. The molecule has 1 atom stereocenters. The largest absolute Gasteiger partial charge is 0.314 e. The monoisotopic (exact) mass is 304 g/mol. The number of thioether (sulfide) groups is 1. The van der Waals surface area contributed by atoms with Crippen molar-refractivity contribution in [2.75, 3.05) is 32.4 Å².